The minimum absolute atomic E-state index is 0.119. The highest BCUT2D eigenvalue weighted by Crippen LogP contribution is 2.22. The van der Waals surface area contributed by atoms with Crippen molar-refractivity contribution in [3.63, 3.8) is 0 Å². The fourth-order valence-electron chi connectivity index (χ4n) is 1.98. The van der Waals surface area contributed by atoms with E-state index in [0.29, 0.717) is 18.8 Å². The summed E-state index contributed by atoms with van der Waals surface area (Å²) in [6.07, 6.45) is 2.44. The third-order valence-corrected chi connectivity index (χ3v) is 3.43. The molecule has 2 aromatic rings. The van der Waals surface area contributed by atoms with Crippen LogP contribution in [0.3, 0.4) is 0 Å². The number of ether oxygens (including phenoxy) is 1. The third kappa shape index (κ3) is 3.36. The highest BCUT2D eigenvalue weighted by atomic mass is 19.1. The molecule has 0 radical (unpaired) electrons. The number of halogens is 1. The molecule has 1 N–H and O–H groups in total. The molecular formula is C15H20FN3O. The number of aromatic nitrogens is 2. The molecule has 0 aliphatic rings. The van der Waals surface area contributed by atoms with Gasteiger partial charge >= 0.3 is 0 Å². The van der Waals surface area contributed by atoms with Gasteiger partial charge in [-0.1, -0.05) is 6.07 Å². The van der Waals surface area contributed by atoms with Crippen molar-refractivity contribution >= 4 is 0 Å². The number of nitrogens with zero attached hydrogens (tertiary/aromatic N) is 2. The monoisotopic (exact) mass is 277 g/mol. The molecule has 0 aliphatic carbocycles. The van der Waals surface area contributed by atoms with Crippen molar-refractivity contribution in [2.45, 2.75) is 19.4 Å². The first kappa shape index (κ1) is 14.5. The molecule has 1 unspecified atom stereocenters. The van der Waals surface area contributed by atoms with Crippen LogP contribution in [0.15, 0.2) is 30.5 Å². The Morgan fingerprint density at radius 2 is 2.20 bits per heavy atom. The van der Waals surface area contributed by atoms with Crippen LogP contribution in [0.1, 0.15) is 24.2 Å². The molecule has 1 heterocycles. The van der Waals surface area contributed by atoms with E-state index in [2.05, 4.69) is 10.4 Å². The summed E-state index contributed by atoms with van der Waals surface area (Å²) in [4.78, 5) is 0. The predicted octanol–water partition coefficient (Wildman–Crippen LogP) is 2.46. The lowest BCUT2D eigenvalue weighted by atomic mass is 10.1. The maximum Gasteiger partial charge on any atom is 0.165 e. The smallest absolute Gasteiger partial charge is 0.165 e. The summed E-state index contributed by atoms with van der Waals surface area (Å²) < 4.78 is 21.2. The van der Waals surface area contributed by atoms with Gasteiger partial charge in [-0.15, -0.1) is 0 Å². The molecule has 0 amide bonds. The maximum atomic E-state index is 13.9. The standard InChI is InChI=1S/C15H20FN3O/c1-11(17-2)12-4-5-15(14(16)10-12)20-9-7-13-6-8-18-19(13)3/h4-6,8,10-11,17H,7,9H2,1-3H3. The predicted molar refractivity (Wildman–Crippen MR) is 76.3 cm³/mol. The zero-order chi connectivity index (χ0) is 14.5. The molecule has 0 bridgehead atoms. The lowest BCUT2D eigenvalue weighted by molar-refractivity contribution is 0.302. The lowest BCUT2D eigenvalue weighted by Crippen LogP contribution is -2.12. The van der Waals surface area contributed by atoms with Crippen LogP contribution in [0.25, 0.3) is 0 Å². The Bertz CT molecular complexity index is 568. The molecule has 1 aromatic carbocycles. The summed E-state index contributed by atoms with van der Waals surface area (Å²) in [5.74, 6) is -0.0335. The Morgan fingerprint density at radius 1 is 1.40 bits per heavy atom. The van der Waals surface area contributed by atoms with Crippen LogP contribution in [-0.2, 0) is 13.5 Å². The quantitative estimate of drug-likeness (QED) is 0.881. The molecule has 1 atom stereocenters. The second-order valence-corrected chi connectivity index (χ2v) is 4.74. The van der Waals surface area contributed by atoms with Gasteiger partial charge in [-0.25, -0.2) is 4.39 Å². The van der Waals surface area contributed by atoms with Crippen LogP contribution < -0.4 is 10.1 Å². The normalized spacial score (nSPS) is 12.4. The van der Waals surface area contributed by atoms with Crippen LogP contribution >= 0.6 is 0 Å². The van der Waals surface area contributed by atoms with Crippen LogP contribution in [0.5, 0.6) is 5.75 Å². The molecule has 4 nitrogen and oxygen atoms in total. The summed E-state index contributed by atoms with van der Waals surface area (Å²) in [6, 6.07) is 7.12. The summed E-state index contributed by atoms with van der Waals surface area (Å²) >= 11 is 0. The first-order valence-electron chi connectivity index (χ1n) is 6.68. The largest absolute Gasteiger partial charge is 0.490 e. The van der Waals surface area contributed by atoms with Crippen LogP contribution in [0.2, 0.25) is 0 Å². The van der Waals surface area contributed by atoms with Gasteiger partial charge in [0.05, 0.1) is 6.61 Å². The summed E-state index contributed by atoms with van der Waals surface area (Å²) in [6.45, 7) is 2.41. The van der Waals surface area contributed by atoms with Gasteiger partial charge < -0.3 is 10.1 Å². The molecule has 0 fully saturated rings. The SMILES string of the molecule is CNC(C)c1ccc(OCCc2ccnn2C)c(F)c1. The van der Waals surface area contributed by atoms with Crippen LogP contribution in [-0.4, -0.2) is 23.4 Å². The van der Waals surface area contributed by atoms with Gasteiger partial charge in [-0.3, -0.25) is 4.68 Å². The van der Waals surface area contributed by atoms with Gasteiger partial charge in [0.1, 0.15) is 0 Å². The number of hydrogen-bond acceptors (Lipinski definition) is 3. The topological polar surface area (TPSA) is 39.1 Å². The first-order chi connectivity index (χ1) is 9.61. The Balaban J connectivity index is 1.95. The van der Waals surface area contributed by atoms with Crippen molar-refractivity contribution in [3.05, 3.63) is 47.5 Å². The van der Waals surface area contributed by atoms with Crippen molar-refractivity contribution in [2.24, 2.45) is 7.05 Å². The fourth-order valence-corrected chi connectivity index (χ4v) is 1.98. The molecule has 20 heavy (non-hydrogen) atoms. The summed E-state index contributed by atoms with van der Waals surface area (Å²) in [7, 11) is 3.73. The van der Waals surface area contributed by atoms with Crippen LogP contribution in [0.4, 0.5) is 4.39 Å². The second-order valence-electron chi connectivity index (χ2n) is 4.74. The van der Waals surface area contributed by atoms with E-state index in [-0.39, 0.29) is 11.9 Å². The average molecular weight is 277 g/mol. The number of hydrogen-bond donors (Lipinski definition) is 1. The van der Waals surface area contributed by atoms with E-state index in [1.165, 1.54) is 6.07 Å². The number of nitrogens with one attached hydrogen (secondary N) is 1. The molecular weight excluding hydrogens is 257 g/mol. The van der Waals surface area contributed by atoms with Gasteiger partial charge in [0.2, 0.25) is 0 Å². The van der Waals surface area contributed by atoms with E-state index in [4.69, 9.17) is 4.74 Å². The third-order valence-electron chi connectivity index (χ3n) is 3.43. The van der Waals surface area contributed by atoms with Crippen molar-refractivity contribution in [3.8, 4) is 5.75 Å². The van der Waals surface area contributed by atoms with Crippen molar-refractivity contribution in [1.29, 1.82) is 0 Å². The van der Waals surface area contributed by atoms with E-state index in [1.54, 1.807) is 16.9 Å². The Hall–Kier alpha value is -1.88. The van der Waals surface area contributed by atoms with E-state index >= 15 is 0 Å². The molecule has 5 heteroatoms. The molecule has 2 rings (SSSR count). The molecule has 1 aromatic heterocycles. The average Bonchev–Trinajstić information content (AvgIpc) is 2.85. The van der Waals surface area contributed by atoms with Crippen molar-refractivity contribution in [2.75, 3.05) is 13.7 Å². The van der Waals surface area contributed by atoms with Gasteiger partial charge in [0.25, 0.3) is 0 Å². The summed E-state index contributed by atoms with van der Waals surface area (Å²) in [5, 5.41) is 7.16. The summed E-state index contributed by atoms with van der Waals surface area (Å²) in [5.41, 5.74) is 1.97. The highest BCUT2D eigenvalue weighted by molar-refractivity contribution is 5.30. The van der Waals surface area contributed by atoms with Crippen molar-refractivity contribution in [1.82, 2.24) is 15.1 Å². The Morgan fingerprint density at radius 3 is 2.80 bits per heavy atom. The number of benzene rings is 1. The minimum atomic E-state index is -0.324. The molecule has 108 valence electrons. The molecule has 0 aliphatic heterocycles. The van der Waals surface area contributed by atoms with Crippen LogP contribution in [0, 0.1) is 5.82 Å². The van der Waals surface area contributed by atoms with E-state index in [0.717, 1.165) is 11.3 Å². The zero-order valence-electron chi connectivity index (χ0n) is 12.1. The molecule has 0 saturated carbocycles. The van der Waals surface area contributed by atoms with Gasteiger partial charge in [-0.05, 0) is 37.7 Å². The zero-order valence-corrected chi connectivity index (χ0v) is 12.1. The lowest BCUT2D eigenvalue weighted by Gasteiger charge is -2.13. The van der Waals surface area contributed by atoms with E-state index in [9.17, 15) is 4.39 Å². The van der Waals surface area contributed by atoms with Gasteiger partial charge in [0, 0.05) is 31.4 Å². The minimum Gasteiger partial charge on any atom is -0.490 e. The molecule has 0 saturated heterocycles. The maximum absolute atomic E-state index is 13.9. The van der Waals surface area contributed by atoms with E-state index < -0.39 is 0 Å². The Kier molecular flexibility index (Phi) is 4.74. The van der Waals surface area contributed by atoms with Crippen molar-refractivity contribution < 1.29 is 9.13 Å². The number of aryl methyl sites for hydroxylation is 1. The first-order valence-corrected chi connectivity index (χ1v) is 6.68. The second kappa shape index (κ2) is 6.52. The number of rotatable bonds is 6. The van der Waals surface area contributed by atoms with Gasteiger partial charge in [-0.2, -0.15) is 5.10 Å². The highest BCUT2D eigenvalue weighted by Gasteiger charge is 2.09. The Labute approximate surface area is 118 Å². The van der Waals surface area contributed by atoms with Gasteiger partial charge in [0.15, 0.2) is 11.6 Å². The fraction of sp³-hybridized carbons (Fsp3) is 0.400. The molecule has 0 spiro atoms. The van der Waals surface area contributed by atoms with E-state index in [1.807, 2.05) is 33.2 Å².